The van der Waals surface area contributed by atoms with Crippen molar-refractivity contribution in [2.45, 2.75) is 13.3 Å². The van der Waals surface area contributed by atoms with Crippen LogP contribution in [0, 0.1) is 5.82 Å². The lowest BCUT2D eigenvalue weighted by Gasteiger charge is -2.11. The minimum Gasteiger partial charge on any atom is -0.487 e. The van der Waals surface area contributed by atoms with Crippen molar-refractivity contribution in [3.8, 4) is 5.75 Å². The van der Waals surface area contributed by atoms with Gasteiger partial charge in [0.05, 0.1) is 12.2 Å². The molecular formula is C14H19FO4. The van der Waals surface area contributed by atoms with E-state index in [9.17, 15) is 9.18 Å². The molecule has 0 fully saturated rings. The maximum atomic E-state index is 13.6. The summed E-state index contributed by atoms with van der Waals surface area (Å²) in [5.74, 6) is -0.766. The molecule has 0 amide bonds. The van der Waals surface area contributed by atoms with Crippen LogP contribution in [0.15, 0.2) is 18.2 Å². The van der Waals surface area contributed by atoms with Crippen molar-refractivity contribution in [1.29, 1.82) is 0 Å². The topological polar surface area (TPSA) is 44.8 Å². The molecule has 106 valence electrons. The van der Waals surface area contributed by atoms with Gasteiger partial charge in [-0.25, -0.2) is 4.39 Å². The lowest BCUT2D eigenvalue weighted by atomic mass is 10.1. The summed E-state index contributed by atoms with van der Waals surface area (Å²) in [6.45, 7) is 3.13. The molecule has 0 aliphatic carbocycles. The van der Waals surface area contributed by atoms with Crippen molar-refractivity contribution in [2.75, 3.05) is 33.5 Å². The standard InChI is InChI=1S/C14H19FO4/c1-11(16)12-5-3-6-13(15)14(12)19-10-9-18-8-4-7-17-2/h3,5-6H,4,7-10H2,1-2H3. The molecule has 1 rings (SSSR count). The van der Waals surface area contributed by atoms with Gasteiger partial charge in [0.1, 0.15) is 6.61 Å². The lowest BCUT2D eigenvalue weighted by Crippen LogP contribution is -2.11. The summed E-state index contributed by atoms with van der Waals surface area (Å²) < 4.78 is 29.0. The summed E-state index contributed by atoms with van der Waals surface area (Å²) in [5, 5.41) is 0. The van der Waals surface area contributed by atoms with Crippen molar-refractivity contribution in [2.24, 2.45) is 0 Å². The van der Waals surface area contributed by atoms with E-state index < -0.39 is 5.82 Å². The van der Waals surface area contributed by atoms with Crippen molar-refractivity contribution in [3.05, 3.63) is 29.6 Å². The first-order valence-corrected chi connectivity index (χ1v) is 6.15. The van der Waals surface area contributed by atoms with Crippen LogP contribution in [-0.4, -0.2) is 39.3 Å². The van der Waals surface area contributed by atoms with Crippen LogP contribution in [0.5, 0.6) is 5.75 Å². The van der Waals surface area contributed by atoms with Gasteiger partial charge in [-0.1, -0.05) is 6.07 Å². The quantitative estimate of drug-likeness (QED) is 0.511. The molecule has 5 heteroatoms. The molecule has 1 aromatic rings. The Balaban J connectivity index is 2.38. The van der Waals surface area contributed by atoms with Crippen LogP contribution in [-0.2, 0) is 9.47 Å². The van der Waals surface area contributed by atoms with E-state index in [1.165, 1.54) is 19.1 Å². The van der Waals surface area contributed by atoms with Crippen LogP contribution < -0.4 is 4.74 Å². The summed E-state index contributed by atoms with van der Waals surface area (Å²) in [4.78, 5) is 11.3. The van der Waals surface area contributed by atoms with Gasteiger partial charge in [0, 0.05) is 20.3 Å². The van der Waals surface area contributed by atoms with Gasteiger partial charge < -0.3 is 14.2 Å². The molecule has 0 atom stereocenters. The number of halogens is 1. The predicted octanol–water partition coefficient (Wildman–Crippen LogP) is 2.46. The summed E-state index contributed by atoms with van der Waals surface area (Å²) >= 11 is 0. The zero-order chi connectivity index (χ0) is 14.1. The van der Waals surface area contributed by atoms with Crippen LogP contribution in [0.25, 0.3) is 0 Å². The predicted molar refractivity (Wildman–Crippen MR) is 69.2 cm³/mol. The Bertz CT molecular complexity index is 406. The minimum absolute atomic E-state index is 0.00417. The van der Waals surface area contributed by atoms with Crippen molar-refractivity contribution in [3.63, 3.8) is 0 Å². The van der Waals surface area contributed by atoms with E-state index in [0.29, 0.717) is 19.8 Å². The van der Waals surface area contributed by atoms with E-state index >= 15 is 0 Å². The Labute approximate surface area is 112 Å². The van der Waals surface area contributed by atoms with Crippen LogP contribution >= 0.6 is 0 Å². The monoisotopic (exact) mass is 270 g/mol. The highest BCUT2D eigenvalue weighted by atomic mass is 19.1. The van der Waals surface area contributed by atoms with Crippen molar-refractivity contribution >= 4 is 5.78 Å². The smallest absolute Gasteiger partial charge is 0.165 e. The van der Waals surface area contributed by atoms with E-state index in [2.05, 4.69) is 0 Å². The molecule has 0 radical (unpaired) electrons. The Morgan fingerprint density at radius 3 is 2.68 bits per heavy atom. The first-order valence-electron chi connectivity index (χ1n) is 6.15. The number of carbonyl (C=O) groups is 1. The number of hydrogen-bond donors (Lipinski definition) is 0. The minimum atomic E-state index is -0.535. The summed E-state index contributed by atoms with van der Waals surface area (Å²) in [6, 6.07) is 4.29. The van der Waals surface area contributed by atoms with E-state index in [-0.39, 0.29) is 23.7 Å². The van der Waals surface area contributed by atoms with Gasteiger partial charge in [-0.15, -0.1) is 0 Å². The van der Waals surface area contributed by atoms with Gasteiger partial charge in [-0.3, -0.25) is 4.79 Å². The molecule has 1 aromatic carbocycles. The van der Waals surface area contributed by atoms with Crippen LogP contribution in [0.1, 0.15) is 23.7 Å². The average molecular weight is 270 g/mol. The number of ether oxygens (including phenoxy) is 3. The Morgan fingerprint density at radius 2 is 2.00 bits per heavy atom. The Morgan fingerprint density at radius 1 is 1.21 bits per heavy atom. The largest absolute Gasteiger partial charge is 0.487 e. The summed E-state index contributed by atoms with van der Waals surface area (Å²) in [7, 11) is 1.63. The summed E-state index contributed by atoms with van der Waals surface area (Å²) in [6.07, 6.45) is 0.800. The molecule has 0 spiro atoms. The highest BCUT2D eigenvalue weighted by molar-refractivity contribution is 5.96. The second-order valence-electron chi connectivity index (χ2n) is 3.98. The SMILES string of the molecule is COCCCOCCOc1c(F)cccc1C(C)=O. The van der Waals surface area contributed by atoms with Crippen molar-refractivity contribution in [1.82, 2.24) is 0 Å². The van der Waals surface area contributed by atoms with Gasteiger partial charge >= 0.3 is 0 Å². The van der Waals surface area contributed by atoms with Crippen LogP contribution in [0.4, 0.5) is 4.39 Å². The second kappa shape index (κ2) is 8.61. The number of para-hydroxylation sites is 1. The molecule has 0 unspecified atom stereocenters. The number of rotatable bonds is 9. The van der Waals surface area contributed by atoms with Crippen LogP contribution in [0.2, 0.25) is 0 Å². The maximum absolute atomic E-state index is 13.6. The zero-order valence-corrected chi connectivity index (χ0v) is 11.3. The Hall–Kier alpha value is -1.46. The van der Waals surface area contributed by atoms with Gasteiger partial charge in [0.15, 0.2) is 17.3 Å². The molecule has 0 aliphatic heterocycles. The molecule has 0 heterocycles. The molecular weight excluding hydrogens is 251 g/mol. The number of Topliss-reactive ketones (excluding diaryl/α,β-unsaturated/α-hetero) is 1. The molecule has 0 N–H and O–H groups in total. The van der Waals surface area contributed by atoms with Crippen LogP contribution in [0.3, 0.4) is 0 Å². The van der Waals surface area contributed by atoms with E-state index in [1.807, 2.05) is 0 Å². The normalized spacial score (nSPS) is 10.5. The highest BCUT2D eigenvalue weighted by Gasteiger charge is 2.12. The van der Waals surface area contributed by atoms with Gasteiger partial charge in [0.25, 0.3) is 0 Å². The van der Waals surface area contributed by atoms with Crippen molar-refractivity contribution < 1.29 is 23.4 Å². The number of ketones is 1. The molecule has 19 heavy (non-hydrogen) atoms. The molecule has 0 saturated heterocycles. The number of methoxy groups -OCH3 is 1. The third-order valence-electron chi connectivity index (χ3n) is 2.46. The fourth-order valence-electron chi connectivity index (χ4n) is 1.54. The fraction of sp³-hybridized carbons (Fsp3) is 0.500. The van der Waals surface area contributed by atoms with E-state index in [4.69, 9.17) is 14.2 Å². The summed E-state index contributed by atoms with van der Waals surface area (Å²) in [5.41, 5.74) is 0.249. The Kier molecular flexibility index (Phi) is 7.07. The highest BCUT2D eigenvalue weighted by Crippen LogP contribution is 2.22. The molecule has 0 saturated carbocycles. The second-order valence-corrected chi connectivity index (χ2v) is 3.98. The molecule has 0 aliphatic rings. The third kappa shape index (κ3) is 5.36. The fourth-order valence-corrected chi connectivity index (χ4v) is 1.54. The van der Waals surface area contributed by atoms with E-state index in [0.717, 1.165) is 6.42 Å². The number of benzene rings is 1. The average Bonchev–Trinajstić information content (AvgIpc) is 2.39. The molecule has 4 nitrogen and oxygen atoms in total. The molecule has 0 aromatic heterocycles. The maximum Gasteiger partial charge on any atom is 0.165 e. The third-order valence-corrected chi connectivity index (χ3v) is 2.46. The van der Waals surface area contributed by atoms with E-state index in [1.54, 1.807) is 13.2 Å². The first-order chi connectivity index (χ1) is 9.16. The lowest BCUT2D eigenvalue weighted by molar-refractivity contribution is 0.0789. The van der Waals surface area contributed by atoms with Gasteiger partial charge in [0.2, 0.25) is 0 Å². The number of carbonyl (C=O) groups excluding carboxylic acids is 1. The van der Waals surface area contributed by atoms with Gasteiger partial charge in [-0.2, -0.15) is 0 Å². The first kappa shape index (κ1) is 15.6. The molecule has 0 bridgehead atoms. The zero-order valence-electron chi connectivity index (χ0n) is 11.3. The van der Waals surface area contributed by atoms with Gasteiger partial charge in [-0.05, 0) is 25.5 Å². The number of hydrogen-bond acceptors (Lipinski definition) is 4.